The molecule has 25 heavy (non-hydrogen) atoms. The highest BCUT2D eigenvalue weighted by Gasteiger charge is 2.31. The summed E-state index contributed by atoms with van der Waals surface area (Å²) in [6.07, 6.45) is 2.39. The fourth-order valence-corrected chi connectivity index (χ4v) is 4.75. The zero-order valence-corrected chi connectivity index (χ0v) is 15.8. The van der Waals surface area contributed by atoms with Crippen molar-refractivity contribution in [1.29, 1.82) is 0 Å². The van der Waals surface area contributed by atoms with E-state index in [0.717, 1.165) is 28.8 Å². The molecule has 0 spiro atoms. The van der Waals surface area contributed by atoms with Gasteiger partial charge >= 0.3 is 0 Å². The summed E-state index contributed by atoms with van der Waals surface area (Å²) in [6.45, 7) is 8.37. The molecule has 5 nitrogen and oxygen atoms in total. The highest BCUT2D eigenvalue weighted by Crippen LogP contribution is 2.41. The fraction of sp³-hybridized carbons (Fsp3) is 0.474. The molecule has 6 heteroatoms. The number of rotatable bonds is 3. The van der Waals surface area contributed by atoms with Crippen molar-refractivity contribution in [3.8, 4) is 5.88 Å². The van der Waals surface area contributed by atoms with Gasteiger partial charge in [0, 0.05) is 0 Å². The Morgan fingerprint density at radius 3 is 2.48 bits per heavy atom. The minimum atomic E-state index is 0.0573. The van der Waals surface area contributed by atoms with E-state index >= 15 is 0 Å². The molecule has 3 heterocycles. The standard InChI is InChI=1S/C19H24N4OS/c1-12-4-6-15(7-5-12)16(22-10-8-13(2)9-11-22)17-18(24)23-19(25-17)20-14(3)21-23/h4-7,13,16,24H,8-11H2,1-3H3/t16-/m1/s1. The first-order valence-electron chi connectivity index (χ1n) is 8.88. The van der Waals surface area contributed by atoms with Crippen LogP contribution in [0.2, 0.25) is 0 Å². The second kappa shape index (κ2) is 6.42. The quantitative estimate of drug-likeness (QED) is 0.772. The van der Waals surface area contributed by atoms with Gasteiger partial charge in [0.2, 0.25) is 10.8 Å². The number of aromatic nitrogens is 3. The van der Waals surface area contributed by atoms with Gasteiger partial charge in [0.05, 0.1) is 10.9 Å². The Bertz CT molecular complexity index is 875. The summed E-state index contributed by atoms with van der Waals surface area (Å²) in [5, 5.41) is 15.1. The van der Waals surface area contributed by atoms with Crippen LogP contribution in [0, 0.1) is 19.8 Å². The van der Waals surface area contributed by atoms with Crippen LogP contribution in [0.3, 0.4) is 0 Å². The number of aryl methyl sites for hydroxylation is 2. The number of piperidine rings is 1. The number of aromatic hydroxyl groups is 1. The Balaban J connectivity index is 1.79. The zero-order valence-electron chi connectivity index (χ0n) is 14.9. The molecule has 2 aromatic heterocycles. The number of benzene rings is 1. The van der Waals surface area contributed by atoms with Gasteiger partial charge in [0.15, 0.2) is 0 Å². The number of nitrogens with zero attached hydrogens (tertiary/aromatic N) is 4. The predicted octanol–water partition coefficient (Wildman–Crippen LogP) is 3.93. The Labute approximate surface area is 151 Å². The van der Waals surface area contributed by atoms with E-state index in [9.17, 15) is 5.11 Å². The van der Waals surface area contributed by atoms with Crippen molar-refractivity contribution in [1.82, 2.24) is 19.5 Å². The van der Waals surface area contributed by atoms with Crippen LogP contribution in [0.4, 0.5) is 0 Å². The third-order valence-electron chi connectivity index (χ3n) is 5.13. The van der Waals surface area contributed by atoms with Crippen LogP contribution in [0.5, 0.6) is 5.88 Å². The summed E-state index contributed by atoms with van der Waals surface area (Å²) in [4.78, 5) is 8.62. The molecular weight excluding hydrogens is 332 g/mol. The summed E-state index contributed by atoms with van der Waals surface area (Å²) < 4.78 is 1.57. The maximum Gasteiger partial charge on any atom is 0.230 e. The van der Waals surface area contributed by atoms with Crippen molar-refractivity contribution in [3.05, 3.63) is 46.1 Å². The number of fused-ring (bicyclic) bond motifs is 1. The van der Waals surface area contributed by atoms with Gasteiger partial charge in [-0.1, -0.05) is 48.1 Å². The maximum atomic E-state index is 10.8. The van der Waals surface area contributed by atoms with E-state index in [4.69, 9.17) is 0 Å². The summed E-state index contributed by atoms with van der Waals surface area (Å²) in [7, 11) is 0. The molecular formula is C19H24N4OS. The van der Waals surface area contributed by atoms with E-state index in [1.165, 1.54) is 24.0 Å². The Hall–Kier alpha value is -1.92. The van der Waals surface area contributed by atoms with Gasteiger partial charge in [-0.05, 0) is 51.3 Å². The number of thiazole rings is 1. The van der Waals surface area contributed by atoms with Crippen molar-refractivity contribution < 1.29 is 5.11 Å². The molecule has 1 fully saturated rings. The number of hydrogen-bond donors (Lipinski definition) is 1. The average molecular weight is 356 g/mol. The minimum Gasteiger partial charge on any atom is -0.492 e. The fourth-order valence-electron chi connectivity index (χ4n) is 3.59. The van der Waals surface area contributed by atoms with Gasteiger partial charge in [-0.2, -0.15) is 4.52 Å². The second-order valence-corrected chi connectivity index (χ2v) is 8.18. The van der Waals surface area contributed by atoms with Gasteiger partial charge in [-0.15, -0.1) is 5.10 Å². The smallest absolute Gasteiger partial charge is 0.230 e. The highest BCUT2D eigenvalue weighted by atomic mass is 32.1. The molecule has 0 aliphatic carbocycles. The molecule has 0 unspecified atom stereocenters. The van der Waals surface area contributed by atoms with Crippen LogP contribution in [0.1, 0.15) is 47.6 Å². The Kier molecular flexibility index (Phi) is 4.25. The van der Waals surface area contributed by atoms with Crippen LogP contribution in [0.15, 0.2) is 24.3 Å². The van der Waals surface area contributed by atoms with Gasteiger partial charge in [0.25, 0.3) is 0 Å². The molecule has 0 bridgehead atoms. The van der Waals surface area contributed by atoms with Crippen molar-refractivity contribution in [3.63, 3.8) is 0 Å². The van der Waals surface area contributed by atoms with E-state index in [0.29, 0.717) is 5.82 Å². The third-order valence-corrected chi connectivity index (χ3v) is 6.20. The van der Waals surface area contributed by atoms with Crippen LogP contribution in [-0.4, -0.2) is 37.7 Å². The molecule has 4 rings (SSSR count). The summed E-state index contributed by atoms with van der Waals surface area (Å²) in [6, 6.07) is 8.71. The lowest BCUT2D eigenvalue weighted by Crippen LogP contribution is -2.36. The van der Waals surface area contributed by atoms with E-state index in [1.807, 2.05) is 6.92 Å². The molecule has 1 saturated heterocycles. The Morgan fingerprint density at radius 2 is 1.84 bits per heavy atom. The lowest BCUT2D eigenvalue weighted by Gasteiger charge is -2.36. The van der Waals surface area contributed by atoms with Crippen LogP contribution < -0.4 is 0 Å². The molecule has 1 aliphatic heterocycles. The highest BCUT2D eigenvalue weighted by molar-refractivity contribution is 7.17. The minimum absolute atomic E-state index is 0.0573. The zero-order chi connectivity index (χ0) is 17.6. The first-order valence-corrected chi connectivity index (χ1v) is 9.70. The molecule has 0 saturated carbocycles. The van der Waals surface area contributed by atoms with E-state index in [-0.39, 0.29) is 11.9 Å². The molecule has 1 N–H and O–H groups in total. The molecule has 132 valence electrons. The van der Waals surface area contributed by atoms with E-state index in [1.54, 1.807) is 15.9 Å². The van der Waals surface area contributed by atoms with Gasteiger partial charge in [0.1, 0.15) is 5.82 Å². The van der Waals surface area contributed by atoms with E-state index < -0.39 is 0 Å². The summed E-state index contributed by atoms with van der Waals surface area (Å²) >= 11 is 1.54. The lowest BCUT2D eigenvalue weighted by molar-refractivity contribution is 0.157. The third kappa shape index (κ3) is 3.04. The lowest BCUT2D eigenvalue weighted by atomic mass is 9.95. The number of hydrogen-bond acceptors (Lipinski definition) is 5. The first-order chi connectivity index (χ1) is 12.0. The van der Waals surface area contributed by atoms with Crippen molar-refractivity contribution in [2.45, 2.75) is 39.7 Å². The molecule has 3 aromatic rings. The molecule has 1 atom stereocenters. The molecule has 0 radical (unpaired) electrons. The molecule has 1 aromatic carbocycles. The second-order valence-electron chi connectivity index (χ2n) is 7.18. The summed E-state index contributed by atoms with van der Waals surface area (Å²) in [5.41, 5.74) is 2.47. The summed E-state index contributed by atoms with van der Waals surface area (Å²) in [5.74, 6) is 1.69. The average Bonchev–Trinajstić information content (AvgIpc) is 3.09. The number of likely N-dealkylation sites (tertiary alicyclic amines) is 1. The first kappa shape index (κ1) is 16.5. The van der Waals surface area contributed by atoms with Gasteiger partial charge in [-0.3, -0.25) is 4.90 Å². The van der Waals surface area contributed by atoms with Gasteiger partial charge < -0.3 is 5.11 Å². The monoisotopic (exact) mass is 356 g/mol. The van der Waals surface area contributed by atoms with Crippen molar-refractivity contribution in [2.24, 2.45) is 5.92 Å². The van der Waals surface area contributed by atoms with Crippen molar-refractivity contribution >= 4 is 16.3 Å². The Morgan fingerprint density at radius 1 is 1.16 bits per heavy atom. The van der Waals surface area contributed by atoms with Crippen LogP contribution in [0.25, 0.3) is 4.96 Å². The molecule has 0 amide bonds. The van der Waals surface area contributed by atoms with Gasteiger partial charge in [-0.25, -0.2) is 4.98 Å². The van der Waals surface area contributed by atoms with Crippen LogP contribution >= 0.6 is 11.3 Å². The van der Waals surface area contributed by atoms with E-state index in [2.05, 4.69) is 53.1 Å². The van der Waals surface area contributed by atoms with Crippen LogP contribution in [-0.2, 0) is 0 Å². The maximum absolute atomic E-state index is 10.8. The predicted molar refractivity (Wildman–Crippen MR) is 100 cm³/mol. The largest absolute Gasteiger partial charge is 0.492 e. The van der Waals surface area contributed by atoms with Crippen molar-refractivity contribution in [2.75, 3.05) is 13.1 Å². The topological polar surface area (TPSA) is 53.7 Å². The normalized spacial score (nSPS) is 18.0. The molecule has 1 aliphatic rings. The SMILES string of the molecule is Cc1ccc([C@H](c2sc3nc(C)nn3c2O)N2CCC(C)CC2)cc1.